The molecule has 0 saturated carbocycles. The Balaban J connectivity index is 2.17. The molecule has 0 spiro atoms. The summed E-state index contributed by atoms with van der Waals surface area (Å²) in [7, 11) is 0. The molecule has 1 nitrogen and oxygen atoms in total. The minimum atomic E-state index is 0.254. The highest BCUT2D eigenvalue weighted by Gasteiger charge is 2.12. The Morgan fingerprint density at radius 2 is 1.67 bits per heavy atom. The molecule has 1 aliphatic rings. The first-order chi connectivity index (χ1) is 7.05. The average Bonchev–Trinajstić information content (AvgIpc) is 2.11. The van der Waals surface area contributed by atoms with E-state index < -0.39 is 0 Å². The molecular weight excluding hydrogens is 182 g/mol. The SMILES string of the molecule is CC(C)(C)c1ccc(C=C2CNC2)cc1. The summed E-state index contributed by atoms with van der Waals surface area (Å²) in [6.07, 6.45) is 2.28. The van der Waals surface area contributed by atoms with Crippen molar-refractivity contribution in [2.45, 2.75) is 26.2 Å². The molecule has 1 fully saturated rings. The molecule has 80 valence electrons. The topological polar surface area (TPSA) is 12.0 Å². The van der Waals surface area contributed by atoms with Gasteiger partial charge in [0.25, 0.3) is 0 Å². The van der Waals surface area contributed by atoms with Gasteiger partial charge >= 0.3 is 0 Å². The zero-order chi connectivity index (χ0) is 10.9. The molecule has 1 aromatic carbocycles. The first kappa shape index (κ1) is 10.4. The maximum Gasteiger partial charge on any atom is 0.0183 e. The van der Waals surface area contributed by atoms with Gasteiger partial charge in [0.1, 0.15) is 0 Å². The molecule has 0 bridgehead atoms. The Morgan fingerprint density at radius 1 is 1.07 bits per heavy atom. The Kier molecular flexibility index (Phi) is 2.66. The quantitative estimate of drug-likeness (QED) is 0.736. The van der Waals surface area contributed by atoms with Crippen LogP contribution in [0.25, 0.3) is 6.08 Å². The maximum atomic E-state index is 3.25. The molecule has 15 heavy (non-hydrogen) atoms. The number of hydrogen-bond acceptors (Lipinski definition) is 1. The number of rotatable bonds is 1. The van der Waals surface area contributed by atoms with Crippen molar-refractivity contribution in [3.05, 3.63) is 41.0 Å². The van der Waals surface area contributed by atoms with Crippen molar-refractivity contribution in [3.8, 4) is 0 Å². The van der Waals surface area contributed by atoms with E-state index in [1.54, 1.807) is 0 Å². The van der Waals surface area contributed by atoms with E-state index in [1.165, 1.54) is 16.7 Å². The van der Waals surface area contributed by atoms with E-state index in [4.69, 9.17) is 0 Å². The molecule has 0 unspecified atom stereocenters. The van der Waals surface area contributed by atoms with Crippen LogP contribution in [0.3, 0.4) is 0 Å². The highest BCUT2D eigenvalue weighted by atomic mass is 14.9. The third-order valence-electron chi connectivity index (χ3n) is 2.85. The Morgan fingerprint density at radius 3 is 2.07 bits per heavy atom. The average molecular weight is 201 g/mol. The first-order valence-corrected chi connectivity index (χ1v) is 5.56. The van der Waals surface area contributed by atoms with Crippen LogP contribution in [0.15, 0.2) is 29.8 Å². The van der Waals surface area contributed by atoms with Crippen molar-refractivity contribution in [3.63, 3.8) is 0 Å². The Labute approximate surface area is 92.2 Å². The molecule has 0 atom stereocenters. The van der Waals surface area contributed by atoms with Crippen LogP contribution in [0.2, 0.25) is 0 Å². The van der Waals surface area contributed by atoms with E-state index in [0.29, 0.717) is 0 Å². The van der Waals surface area contributed by atoms with Crippen molar-refractivity contribution in [1.29, 1.82) is 0 Å². The van der Waals surface area contributed by atoms with Crippen molar-refractivity contribution >= 4 is 6.08 Å². The molecule has 1 aliphatic heterocycles. The third kappa shape index (κ3) is 2.48. The summed E-state index contributed by atoms with van der Waals surface area (Å²) in [6.45, 7) is 8.85. The summed E-state index contributed by atoms with van der Waals surface area (Å²) in [6, 6.07) is 8.90. The lowest BCUT2D eigenvalue weighted by Crippen LogP contribution is -2.33. The van der Waals surface area contributed by atoms with Crippen LogP contribution < -0.4 is 5.32 Å². The van der Waals surface area contributed by atoms with E-state index >= 15 is 0 Å². The van der Waals surface area contributed by atoms with Crippen molar-refractivity contribution in [2.75, 3.05) is 13.1 Å². The van der Waals surface area contributed by atoms with Crippen LogP contribution in [0, 0.1) is 0 Å². The summed E-state index contributed by atoms with van der Waals surface area (Å²) < 4.78 is 0. The largest absolute Gasteiger partial charge is 0.309 e. The highest BCUT2D eigenvalue weighted by Crippen LogP contribution is 2.22. The molecule has 1 heteroatoms. The normalized spacial score (nSPS) is 16.1. The molecule has 0 amide bonds. The molecule has 0 aromatic heterocycles. The summed E-state index contributed by atoms with van der Waals surface area (Å²) in [5.41, 5.74) is 4.47. The fourth-order valence-corrected chi connectivity index (χ4v) is 1.69. The van der Waals surface area contributed by atoms with E-state index in [9.17, 15) is 0 Å². The van der Waals surface area contributed by atoms with Crippen LogP contribution in [0.5, 0.6) is 0 Å². The number of hydrogen-bond donors (Lipinski definition) is 1. The van der Waals surface area contributed by atoms with Crippen LogP contribution in [-0.2, 0) is 5.41 Å². The van der Waals surface area contributed by atoms with Crippen LogP contribution in [-0.4, -0.2) is 13.1 Å². The van der Waals surface area contributed by atoms with Crippen LogP contribution >= 0.6 is 0 Å². The lowest BCUT2D eigenvalue weighted by atomic mass is 9.86. The number of nitrogens with one attached hydrogen (secondary N) is 1. The van der Waals surface area contributed by atoms with Crippen molar-refractivity contribution in [2.24, 2.45) is 0 Å². The van der Waals surface area contributed by atoms with Gasteiger partial charge in [-0.25, -0.2) is 0 Å². The Hall–Kier alpha value is -1.08. The lowest BCUT2D eigenvalue weighted by molar-refractivity contribution is 0.590. The second-order valence-electron chi connectivity index (χ2n) is 5.28. The van der Waals surface area contributed by atoms with Gasteiger partial charge in [0.2, 0.25) is 0 Å². The minimum Gasteiger partial charge on any atom is -0.309 e. The van der Waals surface area contributed by atoms with Crippen LogP contribution in [0.1, 0.15) is 31.9 Å². The van der Waals surface area contributed by atoms with Gasteiger partial charge in [0.05, 0.1) is 0 Å². The van der Waals surface area contributed by atoms with Gasteiger partial charge in [-0.15, -0.1) is 0 Å². The molecule has 1 N–H and O–H groups in total. The maximum absolute atomic E-state index is 3.25. The van der Waals surface area contributed by atoms with Crippen molar-refractivity contribution in [1.82, 2.24) is 5.32 Å². The minimum absolute atomic E-state index is 0.254. The summed E-state index contributed by atoms with van der Waals surface area (Å²) in [5.74, 6) is 0. The summed E-state index contributed by atoms with van der Waals surface area (Å²) >= 11 is 0. The third-order valence-corrected chi connectivity index (χ3v) is 2.85. The zero-order valence-electron chi connectivity index (χ0n) is 9.80. The van der Waals surface area contributed by atoms with Gasteiger partial charge in [0, 0.05) is 13.1 Å². The summed E-state index contributed by atoms with van der Waals surface area (Å²) in [5, 5.41) is 3.25. The first-order valence-electron chi connectivity index (χ1n) is 5.56. The second-order valence-corrected chi connectivity index (χ2v) is 5.28. The molecule has 1 saturated heterocycles. The lowest BCUT2D eigenvalue weighted by Gasteiger charge is -2.20. The van der Waals surface area contributed by atoms with E-state index in [1.807, 2.05) is 0 Å². The summed E-state index contributed by atoms with van der Waals surface area (Å²) in [4.78, 5) is 0. The fraction of sp³-hybridized carbons (Fsp3) is 0.429. The molecular formula is C14H19N. The molecule has 1 aromatic rings. The second kappa shape index (κ2) is 3.82. The predicted octanol–water partition coefficient (Wildman–Crippen LogP) is 2.97. The zero-order valence-corrected chi connectivity index (χ0v) is 9.80. The van der Waals surface area contributed by atoms with Gasteiger partial charge in [-0.2, -0.15) is 0 Å². The van der Waals surface area contributed by atoms with E-state index in [-0.39, 0.29) is 5.41 Å². The molecule has 0 aliphatic carbocycles. The number of benzene rings is 1. The highest BCUT2D eigenvalue weighted by molar-refractivity contribution is 5.55. The standard InChI is InChI=1S/C14H19N/c1-14(2,3)13-6-4-11(5-7-13)8-12-9-15-10-12/h4-8,15H,9-10H2,1-3H3. The Bertz CT molecular complexity index is 359. The van der Waals surface area contributed by atoms with Gasteiger partial charge < -0.3 is 5.32 Å². The monoisotopic (exact) mass is 201 g/mol. The van der Waals surface area contributed by atoms with Gasteiger partial charge in [-0.1, -0.05) is 51.1 Å². The van der Waals surface area contributed by atoms with E-state index in [0.717, 1.165) is 13.1 Å². The molecule has 2 rings (SSSR count). The predicted molar refractivity (Wildman–Crippen MR) is 66.0 cm³/mol. The molecule has 1 heterocycles. The molecule has 0 radical (unpaired) electrons. The van der Waals surface area contributed by atoms with Gasteiger partial charge in [-0.05, 0) is 22.1 Å². The van der Waals surface area contributed by atoms with Gasteiger partial charge in [0.15, 0.2) is 0 Å². The fourth-order valence-electron chi connectivity index (χ4n) is 1.69. The van der Waals surface area contributed by atoms with E-state index in [2.05, 4.69) is 56.4 Å². The van der Waals surface area contributed by atoms with Crippen molar-refractivity contribution < 1.29 is 0 Å². The van der Waals surface area contributed by atoms with Gasteiger partial charge in [-0.3, -0.25) is 0 Å². The van der Waals surface area contributed by atoms with Crippen LogP contribution in [0.4, 0.5) is 0 Å². The smallest absolute Gasteiger partial charge is 0.0183 e.